The van der Waals surface area contributed by atoms with E-state index < -0.39 is 0 Å². The summed E-state index contributed by atoms with van der Waals surface area (Å²) in [5.74, 6) is 1.34. The lowest BCUT2D eigenvalue weighted by molar-refractivity contribution is 0.152. The minimum absolute atomic E-state index is 0.575. The van der Waals surface area contributed by atoms with E-state index in [-0.39, 0.29) is 0 Å². The monoisotopic (exact) mass is 292 g/mol. The van der Waals surface area contributed by atoms with Crippen LogP contribution in [0, 0.1) is 0 Å². The van der Waals surface area contributed by atoms with Gasteiger partial charge in [-0.25, -0.2) is 0 Å². The summed E-state index contributed by atoms with van der Waals surface area (Å²) in [6, 6.07) is 4.58. The van der Waals surface area contributed by atoms with Crippen LogP contribution in [0.5, 0.6) is 0 Å². The third kappa shape index (κ3) is 3.08. The van der Waals surface area contributed by atoms with Crippen molar-refractivity contribution in [1.82, 2.24) is 20.4 Å². The molecule has 0 amide bonds. The van der Waals surface area contributed by atoms with Gasteiger partial charge in [0.1, 0.15) is 0 Å². The summed E-state index contributed by atoms with van der Waals surface area (Å²) in [6.45, 7) is 6.12. The maximum atomic E-state index is 5.78. The topological polar surface area (TPSA) is 54.2 Å². The highest BCUT2D eigenvalue weighted by atomic mass is 32.1. The van der Waals surface area contributed by atoms with Gasteiger partial charge in [0.05, 0.1) is 11.4 Å². The minimum atomic E-state index is 0.575. The van der Waals surface area contributed by atoms with Crippen LogP contribution >= 0.6 is 11.3 Å². The fourth-order valence-electron chi connectivity index (χ4n) is 2.64. The highest BCUT2D eigenvalue weighted by Crippen LogP contribution is 2.23. The standard InChI is InChI=1S/C14H20N4OS/c1-2-18(11-5-3-7-15-9-11)10-13-16-17-14(19-13)12-6-4-8-20-12/h4,6,8,11,15H,2-3,5,7,9-10H2,1H3. The highest BCUT2D eigenvalue weighted by Gasteiger charge is 2.21. The van der Waals surface area contributed by atoms with E-state index in [2.05, 4.69) is 27.3 Å². The lowest BCUT2D eigenvalue weighted by atomic mass is 10.1. The minimum Gasteiger partial charge on any atom is -0.419 e. The molecule has 2 aromatic rings. The molecular weight excluding hydrogens is 272 g/mol. The average molecular weight is 292 g/mol. The Bertz CT molecular complexity index is 519. The molecule has 0 aromatic carbocycles. The van der Waals surface area contributed by atoms with Crippen molar-refractivity contribution < 1.29 is 4.42 Å². The van der Waals surface area contributed by atoms with E-state index in [1.165, 1.54) is 12.8 Å². The zero-order valence-corrected chi connectivity index (χ0v) is 12.5. The van der Waals surface area contributed by atoms with E-state index in [0.717, 1.165) is 31.1 Å². The molecule has 0 spiro atoms. The van der Waals surface area contributed by atoms with Crippen LogP contribution in [0.2, 0.25) is 0 Å². The fraction of sp³-hybridized carbons (Fsp3) is 0.571. The van der Waals surface area contributed by atoms with E-state index in [1.807, 2.05) is 17.5 Å². The summed E-state index contributed by atoms with van der Waals surface area (Å²) in [4.78, 5) is 3.45. The third-order valence-corrected chi connectivity index (χ3v) is 4.59. The normalized spacial score (nSPS) is 19.6. The molecular formula is C14H20N4OS. The molecule has 5 nitrogen and oxygen atoms in total. The summed E-state index contributed by atoms with van der Waals surface area (Å²) in [6.07, 6.45) is 2.48. The van der Waals surface area contributed by atoms with Crippen molar-refractivity contribution in [2.75, 3.05) is 19.6 Å². The maximum absolute atomic E-state index is 5.78. The van der Waals surface area contributed by atoms with Gasteiger partial charge < -0.3 is 9.73 Å². The third-order valence-electron chi connectivity index (χ3n) is 3.73. The molecule has 0 radical (unpaired) electrons. The molecule has 0 aliphatic carbocycles. The predicted octanol–water partition coefficient (Wildman–Crippen LogP) is 2.37. The molecule has 3 heterocycles. The first-order valence-corrected chi connectivity index (χ1v) is 8.06. The smallest absolute Gasteiger partial charge is 0.257 e. The number of thiophene rings is 1. The van der Waals surface area contributed by atoms with Crippen molar-refractivity contribution in [3.05, 3.63) is 23.4 Å². The van der Waals surface area contributed by atoms with Gasteiger partial charge in [0.15, 0.2) is 0 Å². The Hall–Kier alpha value is -1.24. The Morgan fingerprint density at radius 3 is 3.15 bits per heavy atom. The summed E-state index contributed by atoms with van der Waals surface area (Å²) in [5, 5.41) is 13.8. The first-order chi connectivity index (χ1) is 9.86. The number of hydrogen-bond donors (Lipinski definition) is 1. The fourth-order valence-corrected chi connectivity index (χ4v) is 3.28. The number of likely N-dealkylation sites (N-methyl/N-ethyl adjacent to an activating group) is 1. The summed E-state index contributed by atoms with van der Waals surface area (Å²) in [7, 11) is 0. The van der Waals surface area contributed by atoms with Crippen molar-refractivity contribution in [3.8, 4) is 10.8 Å². The lowest BCUT2D eigenvalue weighted by Gasteiger charge is -2.32. The first-order valence-electron chi connectivity index (χ1n) is 7.18. The van der Waals surface area contributed by atoms with Crippen LogP contribution in [0.25, 0.3) is 10.8 Å². The van der Waals surface area contributed by atoms with Crippen LogP contribution in [0.3, 0.4) is 0 Å². The zero-order valence-electron chi connectivity index (χ0n) is 11.7. The van der Waals surface area contributed by atoms with Gasteiger partial charge in [0, 0.05) is 12.6 Å². The molecule has 0 bridgehead atoms. The quantitative estimate of drug-likeness (QED) is 0.917. The number of rotatable bonds is 5. The average Bonchev–Trinajstić information content (AvgIpc) is 3.16. The van der Waals surface area contributed by atoms with Crippen LogP contribution in [0.15, 0.2) is 21.9 Å². The Labute approximate surface area is 123 Å². The largest absolute Gasteiger partial charge is 0.419 e. The number of nitrogens with zero attached hydrogens (tertiary/aromatic N) is 3. The second kappa shape index (κ2) is 6.47. The van der Waals surface area contributed by atoms with Gasteiger partial charge in [-0.15, -0.1) is 21.5 Å². The molecule has 108 valence electrons. The Kier molecular flexibility index (Phi) is 4.44. The second-order valence-corrected chi connectivity index (χ2v) is 5.99. The SMILES string of the molecule is CCN(Cc1nnc(-c2cccs2)o1)C1CCCNC1. The molecule has 0 saturated carbocycles. The van der Waals surface area contributed by atoms with Crippen LogP contribution < -0.4 is 5.32 Å². The van der Waals surface area contributed by atoms with Gasteiger partial charge in [-0.1, -0.05) is 13.0 Å². The molecule has 1 unspecified atom stereocenters. The van der Waals surface area contributed by atoms with E-state index in [0.29, 0.717) is 17.8 Å². The van der Waals surface area contributed by atoms with Crippen molar-refractivity contribution in [2.45, 2.75) is 32.4 Å². The predicted molar refractivity (Wildman–Crippen MR) is 79.6 cm³/mol. The Morgan fingerprint density at radius 1 is 1.50 bits per heavy atom. The molecule has 1 aliphatic rings. The Balaban J connectivity index is 1.66. The van der Waals surface area contributed by atoms with E-state index >= 15 is 0 Å². The zero-order chi connectivity index (χ0) is 13.8. The molecule has 1 saturated heterocycles. The van der Waals surface area contributed by atoms with Crippen LogP contribution in [0.1, 0.15) is 25.7 Å². The van der Waals surface area contributed by atoms with Crippen LogP contribution in [0.4, 0.5) is 0 Å². The van der Waals surface area contributed by atoms with E-state index in [9.17, 15) is 0 Å². The number of hydrogen-bond acceptors (Lipinski definition) is 6. The van der Waals surface area contributed by atoms with E-state index in [1.54, 1.807) is 11.3 Å². The van der Waals surface area contributed by atoms with Crippen molar-refractivity contribution in [1.29, 1.82) is 0 Å². The molecule has 2 aromatic heterocycles. The van der Waals surface area contributed by atoms with Gasteiger partial charge in [-0.3, -0.25) is 4.90 Å². The molecule has 3 rings (SSSR count). The lowest BCUT2D eigenvalue weighted by Crippen LogP contribution is -2.45. The maximum Gasteiger partial charge on any atom is 0.257 e. The van der Waals surface area contributed by atoms with Gasteiger partial charge in [-0.05, 0) is 37.4 Å². The van der Waals surface area contributed by atoms with Crippen molar-refractivity contribution in [3.63, 3.8) is 0 Å². The highest BCUT2D eigenvalue weighted by molar-refractivity contribution is 7.13. The molecule has 6 heteroatoms. The Morgan fingerprint density at radius 2 is 2.45 bits per heavy atom. The molecule has 1 fully saturated rings. The van der Waals surface area contributed by atoms with Gasteiger partial charge in [0.25, 0.3) is 5.89 Å². The van der Waals surface area contributed by atoms with Crippen LogP contribution in [-0.2, 0) is 6.54 Å². The summed E-state index contributed by atoms with van der Waals surface area (Å²) >= 11 is 1.62. The number of nitrogens with one attached hydrogen (secondary N) is 1. The summed E-state index contributed by atoms with van der Waals surface area (Å²) < 4.78 is 5.78. The number of aromatic nitrogens is 2. The van der Waals surface area contributed by atoms with Gasteiger partial charge >= 0.3 is 0 Å². The van der Waals surface area contributed by atoms with Crippen molar-refractivity contribution >= 4 is 11.3 Å². The summed E-state index contributed by atoms with van der Waals surface area (Å²) in [5.41, 5.74) is 0. The van der Waals surface area contributed by atoms with E-state index in [4.69, 9.17) is 4.42 Å². The molecule has 1 aliphatic heterocycles. The molecule has 1 atom stereocenters. The second-order valence-electron chi connectivity index (χ2n) is 5.04. The first kappa shape index (κ1) is 13.7. The van der Waals surface area contributed by atoms with Crippen molar-refractivity contribution in [2.24, 2.45) is 0 Å². The van der Waals surface area contributed by atoms with Gasteiger partial charge in [-0.2, -0.15) is 0 Å². The molecule has 20 heavy (non-hydrogen) atoms. The van der Waals surface area contributed by atoms with Crippen LogP contribution in [-0.4, -0.2) is 40.8 Å². The van der Waals surface area contributed by atoms with Gasteiger partial charge in [0.2, 0.25) is 5.89 Å². The molecule has 1 N–H and O–H groups in total. The number of piperidine rings is 1.